The molecule has 1 aromatic carbocycles. The highest BCUT2D eigenvalue weighted by atomic mass is 32.2. The first-order valence-corrected chi connectivity index (χ1v) is 12.1. The molecule has 0 spiro atoms. The maximum atomic E-state index is 12.8. The number of ether oxygens (including phenoxy) is 1. The minimum absolute atomic E-state index is 0.0625. The number of morpholine rings is 1. The molecule has 1 saturated heterocycles. The zero-order valence-corrected chi connectivity index (χ0v) is 19.3. The van der Waals surface area contributed by atoms with Crippen LogP contribution in [0, 0.1) is 5.92 Å². The molecule has 2 rings (SSSR count). The van der Waals surface area contributed by atoms with E-state index in [4.69, 9.17) is 4.74 Å². The van der Waals surface area contributed by atoms with Gasteiger partial charge in [-0.1, -0.05) is 13.8 Å². The van der Waals surface area contributed by atoms with Gasteiger partial charge in [0.25, 0.3) is 0 Å². The molecule has 1 aliphatic heterocycles. The van der Waals surface area contributed by atoms with E-state index in [1.54, 1.807) is 0 Å². The molecule has 0 aromatic heterocycles. The molecule has 0 saturated carbocycles. The van der Waals surface area contributed by atoms with Gasteiger partial charge in [-0.2, -0.15) is 0 Å². The fourth-order valence-electron chi connectivity index (χ4n) is 3.23. The minimum atomic E-state index is -3.80. The zero-order chi connectivity index (χ0) is 22.9. The number of nitrogens with one attached hydrogen (secondary N) is 3. The lowest BCUT2D eigenvalue weighted by Gasteiger charge is -2.26. The van der Waals surface area contributed by atoms with Crippen LogP contribution in [-0.4, -0.2) is 70.6 Å². The molecule has 1 heterocycles. The van der Waals surface area contributed by atoms with Gasteiger partial charge in [-0.05, 0) is 43.1 Å². The summed E-state index contributed by atoms with van der Waals surface area (Å²) < 4.78 is 33.5. The SMILES string of the molecule is CC(=O)Nc1ccc(S(=O)(=O)N[C@@H](CC(=O)NCCCN2CCOCC2)C(C)C)cc1. The van der Waals surface area contributed by atoms with E-state index in [0.717, 1.165) is 39.3 Å². The molecule has 10 heteroatoms. The van der Waals surface area contributed by atoms with Crippen molar-refractivity contribution in [3.05, 3.63) is 24.3 Å². The smallest absolute Gasteiger partial charge is 0.240 e. The first-order valence-electron chi connectivity index (χ1n) is 10.6. The first kappa shape index (κ1) is 25.3. The van der Waals surface area contributed by atoms with Gasteiger partial charge in [0.15, 0.2) is 0 Å². The van der Waals surface area contributed by atoms with Crippen LogP contribution in [0.3, 0.4) is 0 Å². The average Bonchev–Trinajstić information content (AvgIpc) is 2.71. The maximum absolute atomic E-state index is 12.8. The monoisotopic (exact) mass is 454 g/mol. The number of nitrogens with zero attached hydrogens (tertiary/aromatic N) is 1. The third-order valence-corrected chi connectivity index (χ3v) is 6.58. The second-order valence-corrected chi connectivity index (χ2v) is 9.75. The topological polar surface area (TPSA) is 117 Å². The summed E-state index contributed by atoms with van der Waals surface area (Å²) in [6, 6.07) is 5.38. The van der Waals surface area contributed by atoms with Gasteiger partial charge in [-0.3, -0.25) is 14.5 Å². The minimum Gasteiger partial charge on any atom is -0.379 e. The van der Waals surface area contributed by atoms with Gasteiger partial charge in [-0.25, -0.2) is 13.1 Å². The molecule has 0 aliphatic carbocycles. The number of anilines is 1. The van der Waals surface area contributed by atoms with Crippen LogP contribution in [0.15, 0.2) is 29.2 Å². The van der Waals surface area contributed by atoms with Crippen molar-refractivity contribution in [3.8, 4) is 0 Å². The van der Waals surface area contributed by atoms with E-state index < -0.39 is 16.1 Å². The fraction of sp³-hybridized carbons (Fsp3) is 0.619. The number of hydrogen-bond acceptors (Lipinski definition) is 6. The van der Waals surface area contributed by atoms with Gasteiger partial charge < -0.3 is 15.4 Å². The number of sulfonamides is 1. The lowest BCUT2D eigenvalue weighted by Crippen LogP contribution is -2.42. The number of carbonyl (C=O) groups excluding carboxylic acids is 2. The van der Waals surface area contributed by atoms with Crippen molar-refractivity contribution in [2.75, 3.05) is 44.7 Å². The third kappa shape index (κ3) is 8.94. The molecule has 9 nitrogen and oxygen atoms in total. The van der Waals surface area contributed by atoms with E-state index in [0.29, 0.717) is 12.2 Å². The summed E-state index contributed by atoms with van der Waals surface area (Å²) in [5.74, 6) is -0.471. The van der Waals surface area contributed by atoms with Crippen molar-refractivity contribution in [3.63, 3.8) is 0 Å². The van der Waals surface area contributed by atoms with E-state index in [-0.39, 0.29) is 29.0 Å². The van der Waals surface area contributed by atoms with Crippen LogP contribution in [0.25, 0.3) is 0 Å². The van der Waals surface area contributed by atoms with Crippen LogP contribution < -0.4 is 15.4 Å². The largest absolute Gasteiger partial charge is 0.379 e. The summed E-state index contributed by atoms with van der Waals surface area (Å²) in [6.07, 6.45) is 0.906. The maximum Gasteiger partial charge on any atom is 0.240 e. The molecule has 3 N–H and O–H groups in total. The summed E-state index contributed by atoms with van der Waals surface area (Å²) in [7, 11) is -3.80. The summed E-state index contributed by atoms with van der Waals surface area (Å²) >= 11 is 0. The number of rotatable bonds is 11. The van der Waals surface area contributed by atoms with Crippen LogP contribution in [-0.2, 0) is 24.3 Å². The molecule has 0 bridgehead atoms. The van der Waals surface area contributed by atoms with Crippen LogP contribution in [0.5, 0.6) is 0 Å². The lowest BCUT2D eigenvalue weighted by atomic mass is 10.0. The summed E-state index contributed by atoms with van der Waals surface area (Å²) in [5, 5.41) is 5.48. The number of benzene rings is 1. The summed E-state index contributed by atoms with van der Waals surface area (Å²) in [6.45, 7) is 9.91. The average molecular weight is 455 g/mol. The molecule has 1 aliphatic rings. The van der Waals surface area contributed by atoms with Crippen molar-refractivity contribution in [2.45, 2.75) is 44.6 Å². The fourth-order valence-corrected chi connectivity index (χ4v) is 4.61. The highest BCUT2D eigenvalue weighted by molar-refractivity contribution is 7.89. The van der Waals surface area contributed by atoms with E-state index in [1.807, 2.05) is 13.8 Å². The number of amides is 2. The Balaban J connectivity index is 1.84. The van der Waals surface area contributed by atoms with Gasteiger partial charge in [0.2, 0.25) is 21.8 Å². The Labute approximate surface area is 185 Å². The van der Waals surface area contributed by atoms with Crippen LogP contribution in [0.4, 0.5) is 5.69 Å². The molecule has 174 valence electrons. The van der Waals surface area contributed by atoms with E-state index in [1.165, 1.54) is 31.2 Å². The van der Waals surface area contributed by atoms with Gasteiger partial charge in [0.1, 0.15) is 0 Å². The number of carbonyl (C=O) groups is 2. The highest BCUT2D eigenvalue weighted by Crippen LogP contribution is 2.17. The quantitative estimate of drug-likeness (QED) is 0.432. The zero-order valence-electron chi connectivity index (χ0n) is 18.5. The Morgan fingerprint density at radius 2 is 1.77 bits per heavy atom. The molecular formula is C21H34N4O5S. The van der Waals surface area contributed by atoms with Gasteiger partial charge in [0, 0.05) is 44.7 Å². The standard InChI is InChI=1S/C21H34N4O5S/c1-16(2)20(15-21(27)22-9-4-10-25-11-13-30-14-12-25)24-31(28,29)19-7-5-18(6-8-19)23-17(3)26/h5-8,16,20,24H,4,9-15H2,1-3H3,(H,22,27)(H,23,26)/t20-/m0/s1. The molecule has 31 heavy (non-hydrogen) atoms. The molecule has 2 amide bonds. The van der Waals surface area contributed by atoms with Crippen molar-refractivity contribution in [1.29, 1.82) is 0 Å². The second kappa shape index (κ2) is 12.1. The normalized spacial score (nSPS) is 16.1. The van der Waals surface area contributed by atoms with Gasteiger partial charge in [0.05, 0.1) is 18.1 Å². The molecule has 0 radical (unpaired) electrons. The van der Waals surface area contributed by atoms with Crippen LogP contribution in [0.2, 0.25) is 0 Å². The lowest BCUT2D eigenvalue weighted by molar-refractivity contribution is -0.121. The number of hydrogen-bond donors (Lipinski definition) is 3. The van der Waals surface area contributed by atoms with E-state index in [2.05, 4.69) is 20.3 Å². The van der Waals surface area contributed by atoms with E-state index in [9.17, 15) is 18.0 Å². The van der Waals surface area contributed by atoms with Crippen molar-refractivity contribution in [2.24, 2.45) is 5.92 Å². The first-order chi connectivity index (χ1) is 14.7. The van der Waals surface area contributed by atoms with Crippen molar-refractivity contribution < 1.29 is 22.7 Å². The molecule has 1 atom stereocenters. The van der Waals surface area contributed by atoms with Gasteiger partial charge in [-0.15, -0.1) is 0 Å². The van der Waals surface area contributed by atoms with Crippen LogP contribution >= 0.6 is 0 Å². The molecule has 1 fully saturated rings. The predicted octanol–water partition coefficient (Wildman–Crippen LogP) is 1.18. The predicted molar refractivity (Wildman–Crippen MR) is 119 cm³/mol. The molecule has 0 unspecified atom stereocenters. The van der Waals surface area contributed by atoms with Gasteiger partial charge >= 0.3 is 0 Å². The van der Waals surface area contributed by atoms with E-state index >= 15 is 0 Å². The summed E-state index contributed by atoms with van der Waals surface area (Å²) in [4.78, 5) is 25.9. The third-order valence-electron chi connectivity index (χ3n) is 5.08. The molecule has 1 aromatic rings. The second-order valence-electron chi connectivity index (χ2n) is 8.04. The Kier molecular flexibility index (Phi) is 9.89. The Morgan fingerprint density at radius 3 is 2.35 bits per heavy atom. The molecular weight excluding hydrogens is 420 g/mol. The van der Waals surface area contributed by atoms with Crippen molar-refractivity contribution in [1.82, 2.24) is 14.9 Å². The van der Waals surface area contributed by atoms with Crippen LogP contribution in [0.1, 0.15) is 33.6 Å². The Hall–Kier alpha value is -2.01. The highest BCUT2D eigenvalue weighted by Gasteiger charge is 2.24. The Morgan fingerprint density at radius 1 is 1.13 bits per heavy atom. The summed E-state index contributed by atoms with van der Waals surface area (Å²) in [5.41, 5.74) is 0.517. The Bertz CT molecular complexity index is 821. The van der Waals surface area contributed by atoms with Crippen molar-refractivity contribution >= 4 is 27.5 Å².